The number of nitriles is 1. The van der Waals surface area contributed by atoms with Gasteiger partial charge in [0.05, 0.1) is 19.2 Å². The van der Waals surface area contributed by atoms with Crippen LogP contribution in [-0.2, 0) is 18.4 Å². The predicted molar refractivity (Wildman–Crippen MR) is 51.3 cm³/mol. The first-order valence-electron chi connectivity index (χ1n) is 4.41. The van der Waals surface area contributed by atoms with Gasteiger partial charge in [-0.2, -0.15) is 10.4 Å². The Balaban J connectivity index is 2.16. The smallest absolute Gasteiger partial charge is 0.234 e. The molecule has 1 amide bonds. The van der Waals surface area contributed by atoms with E-state index in [0.717, 1.165) is 0 Å². The van der Waals surface area contributed by atoms with E-state index in [-0.39, 0.29) is 19.0 Å². The van der Waals surface area contributed by atoms with E-state index < -0.39 is 0 Å². The molecule has 0 bridgehead atoms. The van der Waals surface area contributed by atoms with Crippen LogP contribution in [0.3, 0.4) is 0 Å². The first kappa shape index (κ1) is 11.1. The molecule has 1 aromatic heterocycles. The fourth-order valence-corrected chi connectivity index (χ4v) is 0.953. The van der Waals surface area contributed by atoms with E-state index in [1.165, 1.54) is 0 Å². The Kier molecular flexibility index (Phi) is 4.25. The molecule has 2 N–H and O–H groups in total. The van der Waals surface area contributed by atoms with Gasteiger partial charge in [-0.15, -0.1) is 0 Å². The fourth-order valence-electron chi connectivity index (χ4n) is 0.953. The summed E-state index contributed by atoms with van der Waals surface area (Å²) in [6.45, 7) is 0.614. The van der Waals surface area contributed by atoms with Gasteiger partial charge in [-0.05, 0) is 0 Å². The Morgan fingerprint density at radius 3 is 3.13 bits per heavy atom. The SMILES string of the molecule is Cn1cnc(CNCC(=O)NCC#N)n1. The van der Waals surface area contributed by atoms with Crippen LogP contribution in [0.25, 0.3) is 0 Å². The number of aryl methyl sites for hydroxylation is 1. The molecule has 0 spiro atoms. The van der Waals surface area contributed by atoms with Gasteiger partial charge in [0.25, 0.3) is 0 Å². The van der Waals surface area contributed by atoms with Gasteiger partial charge in [0.2, 0.25) is 5.91 Å². The van der Waals surface area contributed by atoms with Crippen LogP contribution < -0.4 is 10.6 Å². The minimum atomic E-state index is -0.215. The topological polar surface area (TPSA) is 95.6 Å². The van der Waals surface area contributed by atoms with E-state index in [0.29, 0.717) is 12.4 Å². The molecule has 0 aromatic carbocycles. The van der Waals surface area contributed by atoms with Crippen LogP contribution >= 0.6 is 0 Å². The number of hydrogen-bond donors (Lipinski definition) is 2. The van der Waals surface area contributed by atoms with Crippen molar-refractivity contribution in [3.05, 3.63) is 12.2 Å². The van der Waals surface area contributed by atoms with Gasteiger partial charge in [0.15, 0.2) is 5.82 Å². The molecule has 0 saturated carbocycles. The van der Waals surface area contributed by atoms with Crippen molar-refractivity contribution in [1.29, 1.82) is 5.26 Å². The summed E-state index contributed by atoms with van der Waals surface area (Å²) in [5, 5.41) is 17.5. The van der Waals surface area contributed by atoms with E-state index in [9.17, 15) is 4.79 Å². The second-order valence-electron chi connectivity index (χ2n) is 2.87. The van der Waals surface area contributed by atoms with Crippen molar-refractivity contribution in [2.45, 2.75) is 6.54 Å². The van der Waals surface area contributed by atoms with Crippen LogP contribution in [0, 0.1) is 11.3 Å². The van der Waals surface area contributed by atoms with E-state index in [1.54, 1.807) is 18.1 Å². The van der Waals surface area contributed by atoms with Crippen molar-refractivity contribution in [1.82, 2.24) is 25.4 Å². The number of rotatable bonds is 5. The second-order valence-corrected chi connectivity index (χ2v) is 2.87. The van der Waals surface area contributed by atoms with Gasteiger partial charge in [0, 0.05) is 7.05 Å². The van der Waals surface area contributed by atoms with Gasteiger partial charge in [-0.3, -0.25) is 9.48 Å². The largest absolute Gasteiger partial charge is 0.342 e. The molecule has 0 fully saturated rings. The normalized spacial score (nSPS) is 9.60. The van der Waals surface area contributed by atoms with Gasteiger partial charge >= 0.3 is 0 Å². The summed E-state index contributed by atoms with van der Waals surface area (Å²) in [6, 6.07) is 1.82. The zero-order chi connectivity index (χ0) is 11.1. The Morgan fingerprint density at radius 1 is 1.73 bits per heavy atom. The van der Waals surface area contributed by atoms with Gasteiger partial charge in [-0.25, -0.2) is 4.98 Å². The molecule has 1 aromatic rings. The lowest BCUT2D eigenvalue weighted by atomic mass is 10.5. The molecule has 1 heterocycles. The number of carbonyl (C=O) groups excluding carboxylic acids is 1. The van der Waals surface area contributed by atoms with Crippen LogP contribution in [0.5, 0.6) is 0 Å². The zero-order valence-corrected chi connectivity index (χ0v) is 8.40. The van der Waals surface area contributed by atoms with Gasteiger partial charge in [0.1, 0.15) is 12.9 Å². The maximum atomic E-state index is 11.0. The van der Waals surface area contributed by atoms with Crippen molar-refractivity contribution >= 4 is 5.91 Å². The molecule has 0 atom stereocenters. The molecule has 80 valence electrons. The predicted octanol–water partition coefficient (Wildman–Crippen LogP) is -1.46. The molecule has 0 unspecified atom stereocenters. The van der Waals surface area contributed by atoms with Crippen LogP contribution in [0.2, 0.25) is 0 Å². The molecule has 0 saturated heterocycles. The zero-order valence-electron chi connectivity index (χ0n) is 8.40. The summed E-state index contributed by atoms with van der Waals surface area (Å²) < 4.78 is 1.59. The fraction of sp³-hybridized carbons (Fsp3) is 0.500. The lowest BCUT2D eigenvalue weighted by molar-refractivity contribution is -0.120. The Bertz CT molecular complexity index is 365. The molecular formula is C8H12N6O. The molecule has 0 aliphatic rings. The molecule has 7 heteroatoms. The highest BCUT2D eigenvalue weighted by Gasteiger charge is 2.01. The minimum Gasteiger partial charge on any atom is -0.342 e. The van der Waals surface area contributed by atoms with E-state index in [1.807, 2.05) is 6.07 Å². The highest BCUT2D eigenvalue weighted by Crippen LogP contribution is 1.85. The summed E-state index contributed by atoms with van der Waals surface area (Å²) in [6.07, 6.45) is 1.59. The first-order chi connectivity index (χ1) is 7.22. The molecule has 0 aliphatic carbocycles. The number of nitrogens with one attached hydrogen (secondary N) is 2. The third kappa shape index (κ3) is 4.19. The summed E-state index contributed by atoms with van der Waals surface area (Å²) >= 11 is 0. The number of amides is 1. The molecular weight excluding hydrogens is 196 g/mol. The number of carbonyl (C=O) groups is 1. The lowest BCUT2D eigenvalue weighted by Gasteiger charge is -2.01. The van der Waals surface area contributed by atoms with Crippen LogP contribution in [-0.4, -0.2) is 33.8 Å². The second kappa shape index (κ2) is 5.72. The standard InChI is InChI=1S/C8H12N6O/c1-14-6-12-7(13-14)4-10-5-8(15)11-3-2-9/h6,10H,3-5H2,1H3,(H,11,15). The van der Waals surface area contributed by atoms with E-state index in [4.69, 9.17) is 5.26 Å². The molecule has 1 rings (SSSR count). The van der Waals surface area contributed by atoms with Gasteiger partial charge in [-0.1, -0.05) is 0 Å². The Labute approximate surface area is 87.1 Å². The van der Waals surface area contributed by atoms with Crippen molar-refractivity contribution in [2.24, 2.45) is 7.05 Å². The third-order valence-corrected chi connectivity index (χ3v) is 1.58. The highest BCUT2D eigenvalue weighted by atomic mass is 16.1. The number of aromatic nitrogens is 3. The molecule has 7 nitrogen and oxygen atoms in total. The van der Waals surface area contributed by atoms with Crippen molar-refractivity contribution in [3.63, 3.8) is 0 Å². The van der Waals surface area contributed by atoms with Crippen LogP contribution in [0.4, 0.5) is 0 Å². The number of nitrogens with zero attached hydrogens (tertiary/aromatic N) is 4. The maximum Gasteiger partial charge on any atom is 0.234 e. The average Bonchev–Trinajstić information content (AvgIpc) is 2.61. The quantitative estimate of drug-likeness (QED) is 0.577. The number of hydrogen-bond acceptors (Lipinski definition) is 5. The van der Waals surface area contributed by atoms with Crippen molar-refractivity contribution in [2.75, 3.05) is 13.1 Å². The molecule has 15 heavy (non-hydrogen) atoms. The minimum absolute atomic E-state index is 0.0301. The maximum absolute atomic E-state index is 11.0. The Morgan fingerprint density at radius 2 is 2.53 bits per heavy atom. The van der Waals surface area contributed by atoms with Crippen molar-refractivity contribution < 1.29 is 4.79 Å². The van der Waals surface area contributed by atoms with Gasteiger partial charge < -0.3 is 10.6 Å². The molecule has 0 aliphatic heterocycles. The van der Waals surface area contributed by atoms with E-state index >= 15 is 0 Å². The summed E-state index contributed by atoms with van der Waals surface area (Å²) in [5.74, 6) is 0.415. The summed E-state index contributed by atoms with van der Waals surface area (Å²) in [7, 11) is 1.77. The summed E-state index contributed by atoms with van der Waals surface area (Å²) in [4.78, 5) is 15.0. The average molecular weight is 208 g/mol. The van der Waals surface area contributed by atoms with Crippen molar-refractivity contribution in [3.8, 4) is 6.07 Å². The van der Waals surface area contributed by atoms with E-state index in [2.05, 4.69) is 20.7 Å². The summed E-state index contributed by atoms with van der Waals surface area (Å²) in [5.41, 5.74) is 0. The van der Waals surface area contributed by atoms with Crippen LogP contribution in [0.15, 0.2) is 6.33 Å². The monoisotopic (exact) mass is 208 g/mol. The highest BCUT2D eigenvalue weighted by molar-refractivity contribution is 5.78. The lowest BCUT2D eigenvalue weighted by Crippen LogP contribution is -2.33. The third-order valence-electron chi connectivity index (χ3n) is 1.58. The molecule has 0 radical (unpaired) electrons. The van der Waals surface area contributed by atoms with Crippen LogP contribution in [0.1, 0.15) is 5.82 Å². The Hall–Kier alpha value is -1.94. The first-order valence-corrected chi connectivity index (χ1v) is 4.41.